The van der Waals surface area contributed by atoms with Crippen molar-refractivity contribution in [3.05, 3.63) is 11.6 Å². The van der Waals surface area contributed by atoms with Crippen LogP contribution in [0.4, 0.5) is 0 Å². The highest BCUT2D eigenvalue weighted by atomic mass is 35.5. The van der Waals surface area contributed by atoms with Crippen molar-refractivity contribution in [1.29, 1.82) is 0 Å². The number of nitrogens with one attached hydrogen (secondary N) is 2. The second-order valence-corrected chi connectivity index (χ2v) is 10.5. The standard InChI is InChI=1S/C23H42ClN3O/c1-7-17(4)25-15-26-21(16(2)3)22(28)27-13-12-20(23(5,6)14-27)18-8-10-19(24)11-9-18/h8,16-17,19-21,25-26H,7,9-15H2,1-6H3/t17-,19?,20?,21-/m1/s1. The molecule has 1 saturated heterocycles. The molecule has 2 rings (SSSR count). The van der Waals surface area contributed by atoms with Crippen LogP contribution in [0.1, 0.15) is 73.6 Å². The number of halogens is 1. The van der Waals surface area contributed by atoms with Crippen LogP contribution in [-0.4, -0.2) is 48.0 Å². The van der Waals surface area contributed by atoms with E-state index >= 15 is 0 Å². The molecule has 0 radical (unpaired) electrons. The molecule has 2 unspecified atom stereocenters. The molecule has 1 heterocycles. The topological polar surface area (TPSA) is 44.4 Å². The van der Waals surface area contributed by atoms with E-state index in [-0.39, 0.29) is 23.3 Å². The summed E-state index contributed by atoms with van der Waals surface area (Å²) < 4.78 is 0. The van der Waals surface area contributed by atoms with Crippen molar-refractivity contribution in [3.8, 4) is 0 Å². The molecule has 1 amide bonds. The van der Waals surface area contributed by atoms with Crippen molar-refractivity contribution in [2.75, 3.05) is 19.8 Å². The molecule has 1 aliphatic carbocycles. The first-order valence-corrected chi connectivity index (χ1v) is 11.7. The summed E-state index contributed by atoms with van der Waals surface area (Å²) in [5, 5.41) is 7.21. The minimum absolute atomic E-state index is 0.107. The van der Waals surface area contributed by atoms with Crippen molar-refractivity contribution in [2.45, 2.75) is 91.1 Å². The normalized spacial score (nSPS) is 27.4. The van der Waals surface area contributed by atoms with E-state index < -0.39 is 0 Å². The number of hydrogen-bond donors (Lipinski definition) is 2. The third kappa shape index (κ3) is 6.21. The maximum absolute atomic E-state index is 13.3. The first kappa shape index (κ1) is 23.7. The lowest BCUT2D eigenvalue weighted by molar-refractivity contribution is -0.138. The second-order valence-electron chi connectivity index (χ2n) is 9.86. The van der Waals surface area contributed by atoms with Crippen LogP contribution in [0.15, 0.2) is 11.6 Å². The number of hydrogen-bond acceptors (Lipinski definition) is 3. The Kier molecular flexibility index (Phi) is 8.84. The highest BCUT2D eigenvalue weighted by Gasteiger charge is 2.41. The zero-order chi connectivity index (χ0) is 20.9. The number of nitrogens with zero attached hydrogens (tertiary/aromatic N) is 1. The summed E-state index contributed by atoms with van der Waals surface area (Å²) in [4.78, 5) is 15.4. The Labute approximate surface area is 177 Å². The first-order valence-electron chi connectivity index (χ1n) is 11.2. The van der Waals surface area contributed by atoms with E-state index in [1.165, 1.54) is 0 Å². The van der Waals surface area contributed by atoms with Gasteiger partial charge in [0.15, 0.2) is 0 Å². The average Bonchev–Trinajstić information content (AvgIpc) is 2.64. The molecule has 0 aromatic rings. The van der Waals surface area contributed by atoms with Crippen LogP contribution in [0.2, 0.25) is 0 Å². The monoisotopic (exact) mass is 411 g/mol. The Morgan fingerprint density at radius 2 is 2.00 bits per heavy atom. The minimum atomic E-state index is -0.130. The quantitative estimate of drug-likeness (QED) is 0.350. The molecular formula is C23H42ClN3O. The predicted molar refractivity (Wildman–Crippen MR) is 120 cm³/mol. The summed E-state index contributed by atoms with van der Waals surface area (Å²) >= 11 is 6.28. The van der Waals surface area contributed by atoms with E-state index in [0.717, 1.165) is 45.2 Å². The number of alkyl halides is 1. The lowest BCUT2D eigenvalue weighted by Crippen LogP contribution is -2.56. The molecule has 4 atom stereocenters. The van der Waals surface area contributed by atoms with Crippen LogP contribution in [0, 0.1) is 17.3 Å². The molecule has 4 nitrogen and oxygen atoms in total. The van der Waals surface area contributed by atoms with Crippen molar-refractivity contribution in [3.63, 3.8) is 0 Å². The Balaban J connectivity index is 1.98. The second kappa shape index (κ2) is 10.4. The molecule has 1 fully saturated rings. The van der Waals surface area contributed by atoms with Gasteiger partial charge in [0.2, 0.25) is 5.91 Å². The Bertz CT molecular complexity index is 546. The average molecular weight is 412 g/mol. The van der Waals surface area contributed by atoms with Gasteiger partial charge in [-0.05, 0) is 56.3 Å². The van der Waals surface area contributed by atoms with Crippen molar-refractivity contribution in [1.82, 2.24) is 15.5 Å². The molecule has 0 spiro atoms. The number of carbonyl (C=O) groups is 1. The summed E-state index contributed by atoms with van der Waals surface area (Å²) in [6, 6.07) is 0.330. The molecule has 0 bridgehead atoms. The van der Waals surface area contributed by atoms with Gasteiger partial charge in [0.05, 0.1) is 6.04 Å². The molecule has 2 aliphatic rings. The highest BCUT2D eigenvalue weighted by molar-refractivity contribution is 6.20. The summed E-state index contributed by atoms with van der Waals surface area (Å²) in [5.41, 5.74) is 1.68. The van der Waals surface area contributed by atoms with Gasteiger partial charge in [-0.3, -0.25) is 10.1 Å². The molecule has 162 valence electrons. The molecule has 28 heavy (non-hydrogen) atoms. The van der Waals surface area contributed by atoms with Gasteiger partial charge < -0.3 is 10.2 Å². The highest BCUT2D eigenvalue weighted by Crippen LogP contribution is 2.43. The van der Waals surface area contributed by atoms with Crippen LogP contribution in [0.5, 0.6) is 0 Å². The van der Waals surface area contributed by atoms with E-state index in [0.29, 0.717) is 24.0 Å². The first-order chi connectivity index (χ1) is 13.2. The zero-order valence-electron chi connectivity index (χ0n) is 18.9. The molecule has 5 heteroatoms. The van der Waals surface area contributed by atoms with Gasteiger partial charge in [0.1, 0.15) is 0 Å². The van der Waals surface area contributed by atoms with E-state index in [9.17, 15) is 4.79 Å². The third-order valence-corrected chi connectivity index (χ3v) is 7.08. The van der Waals surface area contributed by atoms with Crippen molar-refractivity contribution < 1.29 is 4.79 Å². The fraction of sp³-hybridized carbons (Fsp3) is 0.870. The lowest BCUT2D eigenvalue weighted by Gasteiger charge is -2.47. The fourth-order valence-electron chi connectivity index (χ4n) is 4.66. The number of amides is 1. The molecule has 1 aliphatic heterocycles. The number of rotatable bonds is 8. The maximum atomic E-state index is 13.3. The van der Waals surface area contributed by atoms with E-state index in [1.807, 2.05) is 0 Å². The fourth-order valence-corrected chi connectivity index (χ4v) is 4.86. The van der Waals surface area contributed by atoms with E-state index in [1.54, 1.807) is 5.57 Å². The SMILES string of the molecule is CC[C@@H](C)NCN[C@@H](C(=O)N1CCC(C2=CCC(Cl)CC2)C(C)(C)C1)C(C)C. The van der Waals surface area contributed by atoms with E-state index in [4.69, 9.17) is 11.6 Å². The van der Waals surface area contributed by atoms with Gasteiger partial charge in [0.25, 0.3) is 0 Å². The number of likely N-dealkylation sites (tertiary alicyclic amines) is 1. The maximum Gasteiger partial charge on any atom is 0.240 e. The van der Waals surface area contributed by atoms with Crippen LogP contribution in [0.3, 0.4) is 0 Å². The zero-order valence-corrected chi connectivity index (χ0v) is 19.6. The molecular weight excluding hydrogens is 370 g/mol. The summed E-state index contributed by atoms with van der Waals surface area (Å²) in [6.07, 6.45) is 7.73. The van der Waals surface area contributed by atoms with Gasteiger partial charge >= 0.3 is 0 Å². The van der Waals surface area contributed by atoms with Crippen LogP contribution < -0.4 is 10.6 Å². The minimum Gasteiger partial charge on any atom is -0.341 e. The van der Waals surface area contributed by atoms with Gasteiger partial charge in [-0.2, -0.15) is 0 Å². The predicted octanol–water partition coefficient (Wildman–Crippen LogP) is 4.54. The van der Waals surface area contributed by atoms with Crippen molar-refractivity contribution >= 4 is 17.5 Å². The van der Waals surface area contributed by atoms with Gasteiger partial charge in [-0.25, -0.2) is 0 Å². The van der Waals surface area contributed by atoms with Gasteiger partial charge in [-0.1, -0.05) is 46.3 Å². The van der Waals surface area contributed by atoms with Crippen LogP contribution in [0.25, 0.3) is 0 Å². The Morgan fingerprint density at radius 1 is 1.29 bits per heavy atom. The van der Waals surface area contributed by atoms with Crippen LogP contribution >= 0.6 is 11.6 Å². The summed E-state index contributed by atoms with van der Waals surface area (Å²) in [7, 11) is 0. The molecule has 2 N–H and O–H groups in total. The van der Waals surface area contributed by atoms with E-state index in [2.05, 4.69) is 63.2 Å². The molecule has 0 aromatic carbocycles. The number of piperidine rings is 1. The largest absolute Gasteiger partial charge is 0.341 e. The Morgan fingerprint density at radius 3 is 2.54 bits per heavy atom. The van der Waals surface area contributed by atoms with Crippen LogP contribution in [-0.2, 0) is 4.79 Å². The lowest BCUT2D eigenvalue weighted by atomic mass is 9.68. The molecule has 0 aromatic heterocycles. The Hall–Kier alpha value is -0.580. The number of carbonyl (C=O) groups excluding carboxylic acids is 1. The molecule has 0 saturated carbocycles. The number of allylic oxidation sites excluding steroid dienone is 2. The van der Waals surface area contributed by atoms with Gasteiger partial charge in [0, 0.05) is 31.2 Å². The van der Waals surface area contributed by atoms with Gasteiger partial charge in [-0.15, -0.1) is 11.6 Å². The summed E-state index contributed by atoms with van der Waals surface area (Å²) in [6.45, 7) is 15.6. The summed E-state index contributed by atoms with van der Waals surface area (Å²) in [5.74, 6) is 1.10. The smallest absolute Gasteiger partial charge is 0.240 e. The third-order valence-electron chi connectivity index (χ3n) is 6.69. The van der Waals surface area contributed by atoms with Crippen molar-refractivity contribution in [2.24, 2.45) is 17.3 Å².